The normalized spacial score (nSPS) is 16.8. The maximum Gasteiger partial charge on any atom is 0.304 e. The average molecular weight is 426 g/mol. The first kappa shape index (κ1) is 17.4. The molecule has 0 saturated carbocycles. The van der Waals surface area contributed by atoms with Crippen molar-refractivity contribution in [3.8, 4) is 0 Å². The highest BCUT2D eigenvalue weighted by Gasteiger charge is 2.32. The number of aliphatic carboxylic acids is 1. The van der Waals surface area contributed by atoms with Crippen molar-refractivity contribution in [2.75, 3.05) is 4.90 Å². The summed E-state index contributed by atoms with van der Waals surface area (Å²) >= 11 is 10.2. The van der Waals surface area contributed by atoms with Crippen molar-refractivity contribution >= 4 is 56.6 Å². The van der Waals surface area contributed by atoms with E-state index in [2.05, 4.69) is 15.9 Å². The van der Waals surface area contributed by atoms with Crippen LogP contribution in [-0.2, 0) is 11.3 Å². The highest BCUT2D eigenvalue weighted by molar-refractivity contribution is 9.10. The van der Waals surface area contributed by atoms with Crippen LogP contribution in [0.25, 0.3) is 0 Å². The van der Waals surface area contributed by atoms with E-state index in [4.69, 9.17) is 17.3 Å². The van der Waals surface area contributed by atoms with Gasteiger partial charge in [-0.25, -0.2) is 4.39 Å². The summed E-state index contributed by atoms with van der Waals surface area (Å²) in [5.74, 6) is -1.22. The number of nitrogens with zero attached hydrogens (tertiary/aromatic N) is 1. The van der Waals surface area contributed by atoms with Gasteiger partial charge in [0.2, 0.25) is 0 Å². The molecule has 1 heterocycles. The molecule has 0 aliphatic carbocycles. The number of carboxylic acid groups (broad SMARTS) is 1. The second-order valence-electron chi connectivity index (χ2n) is 5.33. The fourth-order valence-electron chi connectivity index (χ4n) is 2.55. The third kappa shape index (κ3) is 3.63. The number of anilines is 1. The molecular weight excluding hydrogens is 413 g/mol. The van der Waals surface area contributed by atoms with Gasteiger partial charge in [0.15, 0.2) is 0 Å². The summed E-state index contributed by atoms with van der Waals surface area (Å²) in [5, 5.41) is 8.78. The molecular formula is C17H13BrFNO2S2. The first-order valence-corrected chi connectivity index (χ1v) is 9.26. The molecule has 0 amide bonds. The van der Waals surface area contributed by atoms with Crippen LogP contribution in [0, 0.1) is 5.82 Å². The molecule has 1 N–H and O–H groups in total. The van der Waals surface area contributed by atoms with E-state index in [1.807, 2.05) is 29.2 Å². The topological polar surface area (TPSA) is 40.5 Å². The van der Waals surface area contributed by atoms with Crippen molar-refractivity contribution in [3.63, 3.8) is 0 Å². The summed E-state index contributed by atoms with van der Waals surface area (Å²) in [5.41, 5.74) is 1.40. The van der Waals surface area contributed by atoms with Gasteiger partial charge in [-0.05, 0) is 24.3 Å². The monoisotopic (exact) mass is 425 g/mol. The van der Waals surface area contributed by atoms with Crippen LogP contribution in [0.1, 0.15) is 12.0 Å². The molecule has 2 aromatic carbocycles. The number of carboxylic acids is 1. The lowest BCUT2D eigenvalue weighted by Crippen LogP contribution is -2.40. The zero-order chi connectivity index (χ0) is 17.3. The smallest absolute Gasteiger partial charge is 0.304 e. The van der Waals surface area contributed by atoms with Crippen molar-refractivity contribution in [1.82, 2.24) is 0 Å². The van der Waals surface area contributed by atoms with Gasteiger partial charge in [-0.3, -0.25) is 4.79 Å². The highest BCUT2D eigenvalue weighted by Crippen LogP contribution is 2.41. The van der Waals surface area contributed by atoms with Gasteiger partial charge in [-0.15, -0.1) is 11.8 Å². The minimum atomic E-state index is -0.899. The molecule has 3 nitrogen and oxygen atoms in total. The fraction of sp³-hybridized carbons (Fsp3) is 0.176. The molecule has 1 atom stereocenters. The third-order valence-corrected chi connectivity index (χ3v) is 6.09. The second kappa shape index (κ2) is 7.21. The highest BCUT2D eigenvalue weighted by atomic mass is 79.9. The van der Waals surface area contributed by atoms with E-state index in [1.165, 1.54) is 17.8 Å². The Hall–Kier alpha value is -1.44. The maximum absolute atomic E-state index is 14.2. The predicted molar refractivity (Wildman–Crippen MR) is 101 cm³/mol. The minimum absolute atomic E-state index is 0.0584. The number of thiocarbonyl (C=S) groups is 1. The van der Waals surface area contributed by atoms with Crippen LogP contribution in [0.4, 0.5) is 10.1 Å². The molecule has 0 fully saturated rings. The summed E-state index contributed by atoms with van der Waals surface area (Å²) in [4.78, 5) is 14.4. The largest absolute Gasteiger partial charge is 0.481 e. The van der Waals surface area contributed by atoms with Gasteiger partial charge >= 0.3 is 5.97 Å². The van der Waals surface area contributed by atoms with E-state index >= 15 is 0 Å². The number of thioether (sulfide) groups is 1. The zero-order valence-electron chi connectivity index (χ0n) is 12.4. The van der Waals surface area contributed by atoms with E-state index in [1.54, 1.807) is 12.1 Å². The Morgan fingerprint density at radius 2 is 2.08 bits per heavy atom. The van der Waals surface area contributed by atoms with E-state index < -0.39 is 5.97 Å². The predicted octanol–water partition coefficient (Wildman–Crippen LogP) is 4.87. The molecule has 0 saturated heterocycles. The SMILES string of the molecule is O=C(O)CC1Sc2ccccc2N(Cc2ccc(Br)cc2F)C1=S. The van der Waals surface area contributed by atoms with Gasteiger partial charge in [-0.2, -0.15) is 0 Å². The van der Waals surface area contributed by atoms with Gasteiger partial charge < -0.3 is 10.0 Å². The summed E-state index contributed by atoms with van der Waals surface area (Å²) < 4.78 is 14.9. The lowest BCUT2D eigenvalue weighted by atomic mass is 10.1. The van der Waals surface area contributed by atoms with Gasteiger partial charge in [0.05, 0.1) is 28.9 Å². The average Bonchev–Trinajstić information content (AvgIpc) is 2.53. The van der Waals surface area contributed by atoms with E-state index in [9.17, 15) is 9.18 Å². The first-order valence-electron chi connectivity index (χ1n) is 7.18. The summed E-state index contributed by atoms with van der Waals surface area (Å²) in [6, 6.07) is 12.5. The molecule has 1 aliphatic rings. The number of hydrogen-bond donors (Lipinski definition) is 1. The Labute approximate surface area is 157 Å². The third-order valence-electron chi connectivity index (χ3n) is 3.67. The van der Waals surface area contributed by atoms with Crippen LogP contribution in [0.3, 0.4) is 0 Å². The molecule has 3 rings (SSSR count). The van der Waals surface area contributed by atoms with E-state index in [-0.39, 0.29) is 24.0 Å². The van der Waals surface area contributed by atoms with Gasteiger partial charge in [0.1, 0.15) is 5.82 Å². The number of halogens is 2. The number of hydrogen-bond acceptors (Lipinski definition) is 3. The zero-order valence-corrected chi connectivity index (χ0v) is 15.6. The molecule has 0 spiro atoms. The Kier molecular flexibility index (Phi) is 5.22. The van der Waals surface area contributed by atoms with Gasteiger partial charge in [0, 0.05) is 14.9 Å². The van der Waals surface area contributed by atoms with Crippen LogP contribution in [0.2, 0.25) is 0 Å². The van der Waals surface area contributed by atoms with Crippen molar-refractivity contribution in [3.05, 3.63) is 58.3 Å². The van der Waals surface area contributed by atoms with Crippen LogP contribution in [-0.4, -0.2) is 21.3 Å². The summed E-state index contributed by atoms with van der Waals surface area (Å²) in [7, 11) is 0. The molecule has 24 heavy (non-hydrogen) atoms. The second-order valence-corrected chi connectivity index (χ2v) is 7.91. The summed E-state index contributed by atoms with van der Waals surface area (Å²) in [6.07, 6.45) is -0.0584. The standard InChI is InChI=1S/C17H13BrFNO2S2/c18-11-6-5-10(12(19)7-11)9-20-13-3-1-2-4-14(13)24-15(17(20)23)8-16(21)22/h1-7,15H,8-9H2,(H,21,22). The van der Waals surface area contributed by atoms with E-state index in [0.717, 1.165) is 10.6 Å². The number of rotatable bonds is 4. The number of benzene rings is 2. The Balaban J connectivity index is 1.97. The van der Waals surface area contributed by atoms with Gasteiger partial charge in [0.25, 0.3) is 0 Å². The molecule has 7 heteroatoms. The number of para-hydroxylation sites is 1. The minimum Gasteiger partial charge on any atom is -0.481 e. The molecule has 1 aliphatic heterocycles. The number of carbonyl (C=O) groups is 1. The molecule has 2 aromatic rings. The molecule has 124 valence electrons. The lowest BCUT2D eigenvalue weighted by molar-refractivity contribution is -0.136. The van der Waals surface area contributed by atoms with Crippen molar-refractivity contribution < 1.29 is 14.3 Å². The Morgan fingerprint density at radius 3 is 2.79 bits per heavy atom. The van der Waals surface area contributed by atoms with Crippen molar-refractivity contribution in [2.45, 2.75) is 23.1 Å². The molecule has 0 aromatic heterocycles. The Morgan fingerprint density at radius 1 is 1.33 bits per heavy atom. The molecule has 0 bridgehead atoms. The fourth-order valence-corrected chi connectivity index (χ4v) is 4.49. The Bertz CT molecular complexity index is 815. The quantitative estimate of drug-likeness (QED) is 0.707. The summed E-state index contributed by atoms with van der Waals surface area (Å²) in [6.45, 7) is 0.269. The number of fused-ring (bicyclic) bond motifs is 1. The first-order chi connectivity index (χ1) is 11.5. The van der Waals surface area contributed by atoms with Crippen LogP contribution >= 0.6 is 39.9 Å². The van der Waals surface area contributed by atoms with Crippen LogP contribution < -0.4 is 4.90 Å². The molecule has 0 radical (unpaired) electrons. The van der Waals surface area contributed by atoms with E-state index in [0.29, 0.717) is 15.0 Å². The lowest BCUT2D eigenvalue weighted by Gasteiger charge is -2.36. The molecule has 1 unspecified atom stereocenters. The van der Waals surface area contributed by atoms with Crippen LogP contribution in [0.15, 0.2) is 51.8 Å². The van der Waals surface area contributed by atoms with Crippen molar-refractivity contribution in [2.24, 2.45) is 0 Å². The van der Waals surface area contributed by atoms with Crippen LogP contribution in [0.5, 0.6) is 0 Å². The van der Waals surface area contributed by atoms with Crippen molar-refractivity contribution in [1.29, 1.82) is 0 Å². The van der Waals surface area contributed by atoms with Gasteiger partial charge in [-0.1, -0.05) is 46.3 Å². The maximum atomic E-state index is 14.2.